The van der Waals surface area contributed by atoms with Gasteiger partial charge in [0.15, 0.2) is 0 Å². The molecule has 180 valence electrons. The van der Waals surface area contributed by atoms with Gasteiger partial charge in [-0.1, -0.05) is 17.7 Å². The first-order valence-corrected chi connectivity index (χ1v) is 12.5. The van der Waals surface area contributed by atoms with E-state index in [1.165, 1.54) is 0 Å². The maximum atomic E-state index is 12.6. The average molecular weight is 474 g/mol. The summed E-state index contributed by atoms with van der Waals surface area (Å²) in [6.07, 6.45) is 2.80. The van der Waals surface area contributed by atoms with Crippen LogP contribution in [0.4, 0.5) is 0 Å². The number of amides is 1. The molecule has 0 spiro atoms. The van der Waals surface area contributed by atoms with Crippen molar-refractivity contribution in [1.29, 1.82) is 0 Å². The normalized spacial score (nSPS) is 19.1. The van der Waals surface area contributed by atoms with E-state index >= 15 is 0 Å². The molecule has 0 saturated carbocycles. The maximum Gasteiger partial charge on any atom is 0.226 e. The van der Waals surface area contributed by atoms with E-state index in [1.54, 1.807) is 0 Å². The fourth-order valence-electron chi connectivity index (χ4n) is 4.61. The molecule has 0 atom stereocenters. The zero-order valence-electron chi connectivity index (χ0n) is 19.9. The third-order valence-electron chi connectivity index (χ3n) is 6.84. The molecule has 1 N–H and O–H groups in total. The van der Waals surface area contributed by atoms with Crippen LogP contribution in [0, 0.1) is 12.8 Å². The van der Waals surface area contributed by atoms with Crippen molar-refractivity contribution in [2.45, 2.75) is 32.7 Å². The van der Waals surface area contributed by atoms with Gasteiger partial charge in [0.05, 0.1) is 5.69 Å². The minimum absolute atomic E-state index is 0.116. The number of piperazine rings is 1. The lowest BCUT2D eigenvalue weighted by Crippen LogP contribution is -2.45. The Bertz CT molecular complexity index is 917. The molecule has 2 fully saturated rings. The molecule has 7 nitrogen and oxygen atoms in total. The summed E-state index contributed by atoms with van der Waals surface area (Å²) in [5, 5.41) is 3.84. The van der Waals surface area contributed by atoms with Gasteiger partial charge in [0.1, 0.15) is 5.76 Å². The molecule has 2 saturated heterocycles. The number of oxazole rings is 1. The number of piperidine rings is 1. The molecule has 8 heteroatoms. The van der Waals surface area contributed by atoms with Gasteiger partial charge in [-0.2, -0.15) is 0 Å². The predicted molar refractivity (Wildman–Crippen MR) is 131 cm³/mol. The molecule has 3 heterocycles. The maximum absolute atomic E-state index is 12.6. The Morgan fingerprint density at radius 1 is 1.15 bits per heavy atom. The van der Waals surface area contributed by atoms with Crippen LogP contribution in [0.25, 0.3) is 11.5 Å². The number of aromatic nitrogens is 1. The van der Waals surface area contributed by atoms with E-state index in [1.807, 2.05) is 31.2 Å². The minimum atomic E-state index is 0.116. The van der Waals surface area contributed by atoms with Crippen LogP contribution in [-0.2, 0) is 11.3 Å². The Hall–Kier alpha value is -1.93. The zero-order valence-corrected chi connectivity index (χ0v) is 20.6. The molecule has 1 aromatic carbocycles. The predicted octanol–water partition coefficient (Wildman–Crippen LogP) is 3.27. The Morgan fingerprint density at radius 3 is 2.64 bits per heavy atom. The van der Waals surface area contributed by atoms with E-state index < -0.39 is 0 Å². The first kappa shape index (κ1) is 24.2. The number of rotatable bonds is 8. The summed E-state index contributed by atoms with van der Waals surface area (Å²) in [4.78, 5) is 24.5. The minimum Gasteiger partial charge on any atom is -0.441 e. The largest absolute Gasteiger partial charge is 0.441 e. The first-order valence-electron chi connectivity index (χ1n) is 12.1. The molecule has 1 amide bonds. The van der Waals surface area contributed by atoms with E-state index in [2.05, 4.69) is 27.1 Å². The molecule has 0 unspecified atom stereocenters. The van der Waals surface area contributed by atoms with Gasteiger partial charge < -0.3 is 19.5 Å². The summed E-state index contributed by atoms with van der Waals surface area (Å²) in [5.74, 6) is 1.78. The lowest BCUT2D eigenvalue weighted by atomic mass is 9.95. The van der Waals surface area contributed by atoms with Crippen molar-refractivity contribution >= 4 is 17.5 Å². The summed E-state index contributed by atoms with van der Waals surface area (Å²) in [7, 11) is 2.17. The molecule has 0 aliphatic carbocycles. The zero-order chi connectivity index (χ0) is 23.2. The SMILES string of the molecule is Cc1oc(-c2cccc(Cl)c2)nc1CN1CCC(C(=O)NCCCN2CCN(C)CC2)CC1. The second kappa shape index (κ2) is 11.5. The van der Waals surface area contributed by atoms with Crippen LogP contribution < -0.4 is 5.32 Å². The number of likely N-dealkylation sites (tertiary alicyclic amines) is 1. The first-order chi connectivity index (χ1) is 16.0. The van der Waals surface area contributed by atoms with Crippen molar-refractivity contribution in [3.63, 3.8) is 0 Å². The Balaban J connectivity index is 1.17. The number of hydrogen-bond donors (Lipinski definition) is 1. The smallest absolute Gasteiger partial charge is 0.226 e. The van der Waals surface area contributed by atoms with E-state index in [9.17, 15) is 4.79 Å². The van der Waals surface area contributed by atoms with Gasteiger partial charge in [0, 0.05) is 55.8 Å². The number of nitrogens with one attached hydrogen (secondary N) is 1. The van der Waals surface area contributed by atoms with Gasteiger partial charge in [-0.05, 0) is 71.1 Å². The number of nitrogens with zero attached hydrogens (tertiary/aromatic N) is 4. The van der Waals surface area contributed by atoms with Gasteiger partial charge in [0.25, 0.3) is 0 Å². The van der Waals surface area contributed by atoms with Gasteiger partial charge in [-0.15, -0.1) is 0 Å². The molecular formula is C25H36ClN5O2. The number of hydrogen-bond acceptors (Lipinski definition) is 6. The average Bonchev–Trinajstić information content (AvgIpc) is 3.18. The second-order valence-electron chi connectivity index (χ2n) is 9.37. The lowest BCUT2D eigenvalue weighted by Gasteiger charge is -2.32. The molecule has 33 heavy (non-hydrogen) atoms. The van der Waals surface area contributed by atoms with Crippen molar-refractivity contribution in [3.05, 3.63) is 40.7 Å². The summed E-state index contributed by atoms with van der Waals surface area (Å²) in [6, 6.07) is 7.57. The standard InChI is InChI=1S/C25H36ClN5O2/c1-19-23(28-25(33-19)21-5-3-6-22(26)17-21)18-31-11-7-20(8-12-31)24(32)27-9-4-10-30-15-13-29(2)14-16-30/h3,5-6,17,20H,4,7-16,18H2,1-2H3,(H,27,32). The fraction of sp³-hybridized carbons (Fsp3) is 0.600. The van der Waals surface area contributed by atoms with Crippen molar-refractivity contribution in [2.24, 2.45) is 5.92 Å². The van der Waals surface area contributed by atoms with Crippen LogP contribution in [0.15, 0.2) is 28.7 Å². The van der Waals surface area contributed by atoms with Gasteiger partial charge >= 0.3 is 0 Å². The molecule has 0 radical (unpaired) electrons. The second-order valence-corrected chi connectivity index (χ2v) is 9.81. The Kier molecular flexibility index (Phi) is 8.41. The highest BCUT2D eigenvalue weighted by atomic mass is 35.5. The third-order valence-corrected chi connectivity index (χ3v) is 7.08. The molecule has 1 aromatic heterocycles. The lowest BCUT2D eigenvalue weighted by molar-refractivity contribution is -0.126. The highest BCUT2D eigenvalue weighted by Gasteiger charge is 2.26. The fourth-order valence-corrected chi connectivity index (χ4v) is 4.81. The molecule has 4 rings (SSSR count). The Labute approximate surface area is 202 Å². The van der Waals surface area contributed by atoms with E-state index in [0.29, 0.717) is 10.9 Å². The molecular weight excluding hydrogens is 438 g/mol. The van der Waals surface area contributed by atoms with Crippen LogP contribution in [0.5, 0.6) is 0 Å². The van der Waals surface area contributed by atoms with Gasteiger partial charge in [0.2, 0.25) is 11.8 Å². The van der Waals surface area contributed by atoms with Crippen molar-refractivity contribution < 1.29 is 9.21 Å². The van der Waals surface area contributed by atoms with E-state index in [4.69, 9.17) is 21.0 Å². The number of benzene rings is 1. The number of likely N-dealkylation sites (N-methyl/N-ethyl adjacent to an activating group) is 1. The van der Waals surface area contributed by atoms with Crippen molar-refractivity contribution in [1.82, 2.24) is 25.0 Å². The van der Waals surface area contributed by atoms with Crippen LogP contribution >= 0.6 is 11.6 Å². The van der Waals surface area contributed by atoms with Crippen LogP contribution in [0.2, 0.25) is 5.02 Å². The highest BCUT2D eigenvalue weighted by molar-refractivity contribution is 6.30. The van der Waals surface area contributed by atoms with E-state index in [-0.39, 0.29) is 11.8 Å². The summed E-state index contributed by atoms with van der Waals surface area (Å²) < 4.78 is 5.89. The quantitative estimate of drug-likeness (QED) is 0.593. The molecule has 0 bridgehead atoms. The number of halogens is 1. The van der Waals surface area contributed by atoms with Gasteiger partial charge in [-0.3, -0.25) is 9.69 Å². The highest BCUT2D eigenvalue weighted by Crippen LogP contribution is 2.26. The molecule has 2 aliphatic heterocycles. The topological polar surface area (TPSA) is 64.9 Å². The summed E-state index contributed by atoms with van der Waals surface area (Å²) >= 11 is 6.10. The number of carbonyl (C=O) groups is 1. The van der Waals surface area contributed by atoms with Crippen LogP contribution in [0.3, 0.4) is 0 Å². The van der Waals surface area contributed by atoms with Crippen LogP contribution in [0.1, 0.15) is 30.7 Å². The van der Waals surface area contributed by atoms with Gasteiger partial charge in [-0.25, -0.2) is 4.98 Å². The monoisotopic (exact) mass is 473 g/mol. The molecule has 2 aromatic rings. The Morgan fingerprint density at radius 2 is 1.91 bits per heavy atom. The molecule has 2 aliphatic rings. The number of carbonyl (C=O) groups excluding carboxylic acids is 1. The van der Waals surface area contributed by atoms with Crippen molar-refractivity contribution in [2.75, 3.05) is 59.4 Å². The number of aryl methyl sites for hydroxylation is 1. The summed E-state index contributed by atoms with van der Waals surface area (Å²) in [6.45, 7) is 10.9. The van der Waals surface area contributed by atoms with E-state index in [0.717, 1.165) is 95.2 Å². The summed E-state index contributed by atoms with van der Waals surface area (Å²) in [5.41, 5.74) is 1.84. The van der Waals surface area contributed by atoms with Crippen LogP contribution in [-0.4, -0.2) is 85.0 Å². The third kappa shape index (κ3) is 6.79. The van der Waals surface area contributed by atoms with Crippen molar-refractivity contribution in [3.8, 4) is 11.5 Å².